The van der Waals surface area contributed by atoms with Crippen molar-refractivity contribution in [1.82, 2.24) is 14.4 Å². The van der Waals surface area contributed by atoms with Crippen LogP contribution < -0.4 is 0 Å². The molecule has 0 aliphatic carbocycles. The van der Waals surface area contributed by atoms with E-state index in [1.54, 1.807) is 10.6 Å². The van der Waals surface area contributed by atoms with Gasteiger partial charge in [0.2, 0.25) is 5.78 Å². The molecule has 0 aliphatic rings. The Bertz CT molecular complexity index is 514. The molecular formula is C11H13N3O. The maximum absolute atomic E-state index is 11.0. The molecule has 78 valence electrons. The van der Waals surface area contributed by atoms with Gasteiger partial charge in [-0.05, 0) is 18.4 Å². The molecular weight excluding hydrogens is 190 g/mol. The lowest BCUT2D eigenvalue weighted by Crippen LogP contribution is -1.97. The third-order valence-corrected chi connectivity index (χ3v) is 2.33. The quantitative estimate of drug-likeness (QED) is 0.701. The van der Waals surface area contributed by atoms with Gasteiger partial charge in [0, 0.05) is 12.4 Å². The number of carbonyl (C=O) groups is 1. The number of aromatic nitrogens is 3. The maximum Gasteiger partial charge on any atom is 0.234 e. The number of nitrogens with zero attached hydrogens (tertiary/aromatic N) is 3. The van der Waals surface area contributed by atoms with E-state index >= 15 is 0 Å². The van der Waals surface area contributed by atoms with Gasteiger partial charge in [-0.1, -0.05) is 13.8 Å². The molecule has 4 nitrogen and oxygen atoms in total. The Labute approximate surface area is 88.0 Å². The third-order valence-electron chi connectivity index (χ3n) is 2.33. The summed E-state index contributed by atoms with van der Waals surface area (Å²) in [5.74, 6) is 0.818. The van der Waals surface area contributed by atoms with Gasteiger partial charge in [0.15, 0.2) is 6.29 Å². The van der Waals surface area contributed by atoms with Crippen molar-refractivity contribution >= 4 is 12.1 Å². The molecule has 2 heterocycles. The minimum absolute atomic E-state index is 0.229. The van der Waals surface area contributed by atoms with Crippen LogP contribution in [-0.4, -0.2) is 20.7 Å². The van der Waals surface area contributed by atoms with Crippen molar-refractivity contribution in [3.05, 3.63) is 29.3 Å². The molecule has 0 amide bonds. The molecule has 0 N–H and O–H groups in total. The minimum Gasteiger partial charge on any atom is -0.296 e. The summed E-state index contributed by atoms with van der Waals surface area (Å²) in [6.45, 7) is 5.97. The SMILES string of the molecule is Cc1cnc2nc(C(C)C)c(C=O)n2c1. The average Bonchev–Trinajstić information content (AvgIpc) is 2.55. The van der Waals surface area contributed by atoms with E-state index in [4.69, 9.17) is 0 Å². The van der Waals surface area contributed by atoms with Crippen LogP contribution in [0.1, 0.15) is 41.5 Å². The topological polar surface area (TPSA) is 47.3 Å². The van der Waals surface area contributed by atoms with Crippen molar-refractivity contribution in [2.75, 3.05) is 0 Å². The van der Waals surface area contributed by atoms with Gasteiger partial charge in [0.05, 0.1) is 5.69 Å². The third kappa shape index (κ3) is 1.52. The number of hydrogen-bond donors (Lipinski definition) is 0. The van der Waals surface area contributed by atoms with E-state index in [0.29, 0.717) is 11.5 Å². The molecule has 0 radical (unpaired) electrons. The molecule has 0 fully saturated rings. The van der Waals surface area contributed by atoms with Gasteiger partial charge in [-0.15, -0.1) is 0 Å². The number of aldehydes is 1. The Balaban J connectivity index is 2.79. The van der Waals surface area contributed by atoms with Crippen molar-refractivity contribution in [2.24, 2.45) is 0 Å². The van der Waals surface area contributed by atoms with Crippen LogP contribution in [0, 0.1) is 6.92 Å². The van der Waals surface area contributed by atoms with E-state index in [0.717, 1.165) is 17.5 Å². The van der Waals surface area contributed by atoms with Gasteiger partial charge in [0.25, 0.3) is 0 Å². The van der Waals surface area contributed by atoms with Crippen LogP contribution >= 0.6 is 0 Å². The number of fused-ring (bicyclic) bond motifs is 1. The highest BCUT2D eigenvalue weighted by atomic mass is 16.1. The Kier molecular flexibility index (Phi) is 2.26. The molecule has 0 atom stereocenters. The highest BCUT2D eigenvalue weighted by Crippen LogP contribution is 2.18. The van der Waals surface area contributed by atoms with Gasteiger partial charge in [-0.2, -0.15) is 0 Å². The fourth-order valence-corrected chi connectivity index (χ4v) is 1.61. The molecule has 4 heteroatoms. The van der Waals surface area contributed by atoms with E-state index in [1.807, 2.05) is 27.0 Å². The van der Waals surface area contributed by atoms with E-state index in [1.165, 1.54) is 0 Å². The van der Waals surface area contributed by atoms with E-state index < -0.39 is 0 Å². The van der Waals surface area contributed by atoms with Crippen molar-refractivity contribution < 1.29 is 4.79 Å². The first kappa shape index (κ1) is 9.83. The molecule has 0 bridgehead atoms. The highest BCUT2D eigenvalue weighted by molar-refractivity contribution is 5.76. The summed E-state index contributed by atoms with van der Waals surface area (Å²) >= 11 is 0. The van der Waals surface area contributed by atoms with Gasteiger partial charge < -0.3 is 0 Å². The van der Waals surface area contributed by atoms with Crippen LogP contribution in [0.3, 0.4) is 0 Å². The second kappa shape index (κ2) is 3.46. The monoisotopic (exact) mass is 203 g/mol. The first-order valence-electron chi connectivity index (χ1n) is 4.93. The largest absolute Gasteiger partial charge is 0.296 e. The lowest BCUT2D eigenvalue weighted by atomic mass is 10.1. The highest BCUT2D eigenvalue weighted by Gasteiger charge is 2.14. The van der Waals surface area contributed by atoms with Crippen LogP contribution in [-0.2, 0) is 0 Å². The zero-order chi connectivity index (χ0) is 11.0. The van der Waals surface area contributed by atoms with Crippen LogP contribution in [0.4, 0.5) is 0 Å². The lowest BCUT2D eigenvalue weighted by Gasteiger charge is -2.00. The molecule has 0 aromatic carbocycles. The first-order valence-corrected chi connectivity index (χ1v) is 4.93. The van der Waals surface area contributed by atoms with Crippen molar-refractivity contribution in [2.45, 2.75) is 26.7 Å². The van der Waals surface area contributed by atoms with Crippen LogP contribution in [0.15, 0.2) is 12.4 Å². The van der Waals surface area contributed by atoms with E-state index in [2.05, 4.69) is 9.97 Å². The minimum atomic E-state index is 0.229. The van der Waals surface area contributed by atoms with Crippen LogP contribution in [0.5, 0.6) is 0 Å². The fraction of sp³-hybridized carbons (Fsp3) is 0.364. The van der Waals surface area contributed by atoms with Crippen LogP contribution in [0.25, 0.3) is 5.78 Å². The number of imidazole rings is 1. The summed E-state index contributed by atoms with van der Waals surface area (Å²) in [4.78, 5) is 19.6. The Hall–Kier alpha value is -1.71. The summed E-state index contributed by atoms with van der Waals surface area (Å²) in [6.07, 6.45) is 4.47. The molecule has 0 spiro atoms. The van der Waals surface area contributed by atoms with Crippen molar-refractivity contribution in [3.8, 4) is 0 Å². The molecule has 0 saturated heterocycles. The molecule has 2 aromatic heterocycles. The van der Waals surface area contributed by atoms with Crippen molar-refractivity contribution in [3.63, 3.8) is 0 Å². The fourth-order valence-electron chi connectivity index (χ4n) is 1.61. The van der Waals surface area contributed by atoms with E-state index in [9.17, 15) is 4.79 Å². The summed E-state index contributed by atoms with van der Waals surface area (Å²) in [5.41, 5.74) is 2.43. The Morgan fingerprint density at radius 2 is 2.20 bits per heavy atom. The van der Waals surface area contributed by atoms with Gasteiger partial charge in [-0.25, -0.2) is 9.97 Å². The summed E-state index contributed by atoms with van der Waals surface area (Å²) < 4.78 is 1.75. The van der Waals surface area contributed by atoms with Crippen LogP contribution in [0.2, 0.25) is 0 Å². The second-order valence-corrected chi connectivity index (χ2v) is 3.96. The standard InChI is InChI=1S/C11H13N3O/c1-7(2)10-9(6-15)14-5-8(3)4-12-11(14)13-10/h4-7H,1-3H3. The maximum atomic E-state index is 11.0. The first-order chi connectivity index (χ1) is 7.13. The zero-order valence-electron chi connectivity index (χ0n) is 9.06. The predicted octanol–water partition coefficient (Wildman–Crippen LogP) is 1.97. The lowest BCUT2D eigenvalue weighted by molar-refractivity contribution is 0.111. The second-order valence-electron chi connectivity index (χ2n) is 3.96. The molecule has 15 heavy (non-hydrogen) atoms. The molecule has 2 aromatic rings. The Morgan fingerprint density at radius 1 is 1.47 bits per heavy atom. The zero-order valence-corrected chi connectivity index (χ0v) is 9.06. The number of rotatable bonds is 2. The van der Waals surface area contributed by atoms with Gasteiger partial charge in [-0.3, -0.25) is 9.20 Å². The number of aryl methyl sites for hydroxylation is 1. The molecule has 0 unspecified atom stereocenters. The number of hydrogen-bond acceptors (Lipinski definition) is 3. The normalized spacial score (nSPS) is 11.2. The summed E-state index contributed by atoms with van der Waals surface area (Å²) in [7, 11) is 0. The van der Waals surface area contributed by atoms with Gasteiger partial charge >= 0.3 is 0 Å². The average molecular weight is 203 g/mol. The molecule has 0 aliphatic heterocycles. The summed E-state index contributed by atoms with van der Waals surface area (Å²) in [5, 5.41) is 0. The predicted molar refractivity (Wildman–Crippen MR) is 57.2 cm³/mol. The van der Waals surface area contributed by atoms with E-state index in [-0.39, 0.29) is 5.92 Å². The van der Waals surface area contributed by atoms with Crippen molar-refractivity contribution in [1.29, 1.82) is 0 Å². The summed E-state index contributed by atoms with van der Waals surface area (Å²) in [6, 6.07) is 0. The Morgan fingerprint density at radius 3 is 2.80 bits per heavy atom. The smallest absolute Gasteiger partial charge is 0.234 e. The number of carbonyl (C=O) groups excluding carboxylic acids is 1. The molecule has 2 rings (SSSR count). The van der Waals surface area contributed by atoms with Gasteiger partial charge in [0.1, 0.15) is 5.69 Å². The molecule has 0 saturated carbocycles.